The van der Waals surface area contributed by atoms with Crippen LogP contribution in [-0.2, 0) is 16.1 Å². The Hall–Kier alpha value is -2.63. The van der Waals surface area contributed by atoms with Gasteiger partial charge in [-0.15, -0.1) is 0 Å². The van der Waals surface area contributed by atoms with Gasteiger partial charge in [-0.2, -0.15) is 0 Å². The summed E-state index contributed by atoms with van der Waals surface area (Å²) in [6.45, 7) is 6.49. The normalized spacial score (nSPS) is 11.1. The fourth-order valence-electron chi connectivity index (χ4n) is 2.23. The molecular formula is C18H24N4O2. The van der Waals surface area contributed by atoms with Gasteiger partial charge in [-0.05, 0) is 11.0 Å². The minimum Gasteiger partial charge on any atom is -0.347 e. The van der Waals surface area contributed by atoms with E-state index in [4.69, 9.17) is 0 Å². The molecule has 0 unspecified atom stereocenters. The zero-order valence-corrected chi connectivity index (χ0v) is 14.4. The Morgan fingerprint density at radius 3 is 2.50 bits per heavy atom. The van der Waals surface area contributed by atoms with E-state index in [9.17, 15) is 9.59 Å². The maximum absolute atomic E-state index is 12.0. The lowest BCUT2D eigenvalue weighted by atomic mass is 9.92. The van der Waals surface area contributed by atoms with Crippen LogP contribution in [0.1, 0.15) is 32.8 Å². The van der Waals surface area contributed by atoms with Gasteiger partial charge in [0.05, 0.1) is 13.1 Å². The molecule has 6 nitrogen and oxygen atoms in total. The first-order valence-corrected chi connectivity index (χ1v) is 7.95. The third-order valence-electron chi connectivity index (χ3n) is 3.30. The molecule has 0 saturated heterocycles. The highest BCUT2D eigenvalue weighted by atomic mass is 16.2. The minimum atomic E-state index is -0.294. The van der Waals surface area contributed by atoms with E-state index in [1.165, 1.54) is 0 Å². The molecule has 0 aliphatic heterocycles. The number of imidazole rings is 1. The van der Waals surface area contributed by atoms with Crippen molar-refractivity contribution in [3.8, 4) is 0 Å². The highest BCUT2D eigenvalue weighted by molar-refractivity contribution is 5.93. The summed E-state index contributed by atoms with van der Waals surface area (Å²) in [6, 6.07) is 9.92. The fourth-order valence-corrected chi connectivity index (χ4v) is 2.23. The predicted octanol–water partition coefficient (Wildman–Crippen LogP) is 2.42. The Labute approximate surface area is 142 Å². The van der Waals surface area contributed by atoms with Crippen LogP contribution in [0.15, 0.2) is 42.7 Å². The Balaban J connectivity index is 1.87. The summed E-state index contributed by atoms with van der Waals surface area (Å²) in [4.78, 5) is 27.9. The first-order chi connectivity index (χ1) is 11.3. The smallest absolute Gasteiger partial charge is 0.246 e. The van der Waals surface area contributed by atoms with E-state index in [0.717, 1.165) is 5.56 Å². The minimum absolute atomic E-state index is 0.0624. The number of nitrogens with one attached hydrogen (secondary N) is 2. The lowest BCUT2D eigenvalue weighted by Gasteiger charge is -2.17. The zero-order valence-electron chi connectivity index (χ0n) is 14.4. The molecule has 24 heavy (non-hydrogen) atoms. The average molecular weight is 328 g/mol. The zero-order chi connectivity index (χ0) is 17.6. The van der Waals surface area contributed by atoms with Gasteiger partial charge in [-0.3, -0.25) is 14.9 Å². The summed E-state index contributed by atoms with van der Waals surface area (Å²) >= 11 is 0. The number of carbonyl (C=O) groups is 2. The molecule has 2 rings (SSSR count). The van der Waals surface area contributed by atoms with Crippen molar-refractivity contribution in [3.05, 3.63) is 48.3 Å². The molecular weight excluding hydrogens is 304 g/mol. The van der Waals surface area contributed by atoms with Crippen molar-refractivity contribution in [2.75, 3.05) is 11.9 Å². The molecule has 0 aliphatic rings. The maximum Gasteiger partial charge on any atom is 0.246 e. The molecule has 2 aromatic rings. The Bertz CT molecular complexity index is 687. The Morgan fingerprint density at radius 1 is 1.12 bits per heavy atom. The lowest BCUT2D eigenvalue weighted by Crippen LogP contribution is -2.35. The molecule has 0 fully saturated rings. The van der Waals surface area contributed by atoms with E-state index in [-0.39, 0.29) is 23.8 Å². The third kappa shape index (κ3) is 5.87. The standard InChI is InChI=1S/C18H24N4O2/c1-18(2,3)11-15(23)20-12-16(24)21-17-19-9-10-22(17)13-14-7-5-4-6-8-14/h4-10H,11-13H2,1-3H3,(H,20,23)(H,19,21,24). The van der Waals surface area contributed by atoms with Gasteiger partial charge >= 0.3 is 0 Å². The highest BCUT2D eigenvalue weighted by Crippen LogP contribution is 2.17. The molecule has 0 bridgehead atoms. The van der Waals surface area contributed by atoms with E-state index in [1.807, 2.05) is 55.7 Å². The molecule has 1 aromatic heterocycles. The summed E-state index contributed by atoms with van der Waals surface area (Å²) in [7, 11) is 0. The number of hydrogen-bond donors (Lipinski definition) is 2. The van der Waals surface area contributed by atoms with Crippen LogP contribution in [0.4, 0.5) is 5.95 Å². The van der Waals surface area contributed by atoms with Crippen LogP contribution in [0.5, 0.6) is 0 Å². The number of anilines is 1. The molecule has 0 radical (unpaired) electrons. The summed E-state index contributed by atoms with van der Waals surface area (Å²) in [5, 5.41) is 5.36. The van der Waals surface area contributed by atoms with Crippen LogP contribution < -0.4 is 10.6 Å². The molecule has 0 saturated carbocycles. The van der Waals surface area contributed by atoms with E-state index >= 15 is 0 Å². The van der Waals surface area contributed by atoms with Gasteiger partial charge < -0.3 is 9.88 Å². The van der Waals surface area contributed by atoms with Crippen molar-refractivity contribution in [3.63, 3.8) is 0 Å². The third-order valence-corrected chi connectivity index (χ3v) is 3.30. The van der Waals surface area contributed by atoms with Gasteiger partial charge in [0.15, 0.2) is 0 Å². The number of rotatable bonds is 6. The van der Waals surface area contributed by atoms with Crippen molar-refractivity contribution in [2.45, 2.75) is 33.7 Å². The van der Waals surface area contributed by atoms with Gasteiger partial charge in [-0.1, -0.05) is 51.1 Å². The molecule has 128 valence electrons. The molecule has 2 amide bonds. The molecule has 2 N–H and O–H groups in total. The lowest BCUT2D eigenvalue weighted by molar-refractivity contribution is -0.125. The van der Waals surface area contributed by atoms with E-state index < -0.39 is 0 Å². The van der Waals surface area contributed by atoms with E-state index in [1.54, 1.807) is 12.4 Å². The van der Waals surface area contributed by atoms with E-state index in [2.05, 4.69) is 15.6 Å². The molecule has 6 heteroatoms. The van der Waals surface area contributed by atoms with Crippen molar-refractivity contribution in [1.82, 2.24) is 14.9 Å². The number of aromatic nitrogens is 2. The average Bonchev–Trinajstić information content (AvgIpc) is 2.91. The Morgan fingerprint density at radius 2 is 1.83 bits per heavy atom. The maximum atomic E-state index is 12.0. The van der Waals surface area contributed by atoms with Crippen molar-refractivity contribution in [1.29, 1.82) is 0 Å². The van der Waals surface area contributed by atoms with Crippen molar-refractivity contribution < 1.29 is 9.59 Å². The summed E-state index contributed by atoms with van der Waals surface area (Å²) < 4.78 is 1.85. The SMILES string of the molecule is CC(C)(C)CC(=O)NCC(=O)Nc1nccn1Cc1ccccc1. The Kier molecular flexibility index (Phi) is 5.73. The monoisotopic (exact) mass is 328 g/mol. The van der Waals surface area contributed by atoms with E-state index in [0.29, 0.717) is 18.9 Å². The number of benzene rings is 1. The van der Waals surface area contributed by atoms with Gasteiger partial charge in [-0.25, -0.2) is 4.98 Å². The highest BCUT2D eigenvalue weighted by Gasteiger charge is 2.16. The second kappa shape index (κ2) is 7.77. The van der Waals surface area contributed by atoms with Crippen LogP contribution in [0.2, 0.25) is 0 Å². The quantitative estimate of drug-likeness (QED) is 0.855. The fraction of sp³-hybridized carbons (Fsp3) is 0.389. The van der Waals surface area contributed by atoms with Crippen LogP contribution in [-0.4, -0.2) is 27.9 Å². The molecule has 1 aromatic carbocycles. The first-order valence-electron chi connectivity index (χ1n) is 7.95. The number of carbonyl (C=O) groups excluding carboxylic acids is 2. The van der Waals surface area contributed by atoms with Gasteiger partial charge in [0, 0.05) is 18.8 Å². The molecule has 0 aliphatic carbocycles. The summed E-state index contributed by atoms with van der Waals surface area (Å²) in [6.07, 6.45) is 3.82. The molecule has 1 heterocycles. The second-order valence-electron chi connectivity index (χ2n) is 6.93. The summed E-state index contributed by atoms with van der Waals surface area (Å²) in [5.74, 6) is 0.0389. The second-order valence-corrected chi connectivity index (χ2v) is 6.93. The number of amides is 2. The predicted molar refractivity (Wildman–Crippen MR) is 93.5 cm³/mol. The van der Waals surface area contributed by atoms with Gasteiger partial charge in [0.25, 0.3) is 0 Å². The molecule has 0 spiro atoms. The van der Waals surface area contributed by atoms with Gasteiger partial charge in [0.2, 0.25) is 17.8 Å². The molecule has 0 atom stereocenters. The van der Waals surface area contributed by atoms with Gasteiger partial charge in [0.1, 0.15) is 0 Å². The van der Waals surface area contributed by atoms with Crippen LogP contribution in [0, 0.1) is 5.41 Å². The van der Waals surface area contributed by atoms with Crippen LogP contribution >= 0.6 is 0 Å². The number of nitrogens with zero attached hydrogens (tertiary/aromatic N) is 2. The summed E-state index contributed by atoms with van der Waals surface area (Å²) in [5.41, 5.74) is 1.01. The number of hydrogen-bond acceptors (Lipinski definition) is 3. The first kappa shape index (κ1) is 17.7. The van der Waals surface area contributed by atoms with Crippen LogP contribution in [0.3, 0.4) is 0 Å². The topological polar surface area (TPSA) is 76.0 Å². The van der Waals surface area contributed by atoms with Crippen molar-refractivity contribution >= 4 is 17.8 Å². The van der Waals surface area contributed by atoms with Crippen LogP contribution in [0.25, 0.3) is 0 Å². The largest absolute Gasteiger partial charge is 0.347 e. The van der Waals surface area contributed by atoms with Crippen molar-refractivity contribution in [2.24, 2.45) is 5.41 Å².